The van der Waals surface area contributed by atoms with E-state index in [1.54, 1.807) is 0 Å². The fourth-order valence-corrected chi connectivity index (χ4v) is 4.07. The smallest absolute Gasteiger partial charge is 0.223 e. The summed E-state index contributed by atoms with van der Waals surface area (Å²) < 4.78 is 0. The molecular weight excluding hydrogens is 360 g/mol. The first-order valence-electron chi connectivity index (χ1n) is 10.7. The highest BCUT2D eigenvalue weighted by Gasteiger charge is 2.31. The minimum absolute atomic E-state index is 0.215. The quantitative estimate of drug-likeness (QED) is 0.786. The van der Waals surface area contributed by atoms with Gasteiger partial charge in [0, 0.05) is 64.1 Å². The zero-order valence-electron chi connectivity index (χ0n) is 17.6. The predicted molar refractivity (Wildman–Crippen MR) is 119 cm³/mol. The van der Waals surface area contributed by atoms with Gasteiger partial charge in [0.1, 0.15) is 0 Å². The Morgan fingerprint density at radius 3 is 2.24 bits per heavy atom. The van der Waals surface area contributed by atoms with E-state index in [0.717, 1.165) is 39.0 Å². The number of hydrogen-bond acceptors (Lipinski definition) is 4. The third-order valence-electron chi connectivity index (χ3n) is 6.09. The number of rotatable bonds is 7. The maximum absolute atomic E-state index is 12.3. The van der Waals surface area contributed by atoms with Crippen LogP contribution >= 0.6 is 0 Å². The van der Waals surface area contributed by atoms with Crippen LogP contribution in [0.3, 0.4) is 0 Å². The molecule has 0 aromatic heterocycles. The Balaban J connectivity index is 1.45. The van der Waals surface area contributed by atoms with Crippen molar-refractivity contribution in [1.29, 1.82) is 0 Å². The van der Waals surface area contributed by atoms with Gasteiger partial charge in [-0.3, -0.25) is 9.69 Å². The molecule has 154 valence electrons. The topological polar surface area (TPSA) is 38.8 Å². The van der Waals surface area contributed by atoms with Crippen LogP contribution in [0, 0.1) is 5.92 Å². The van der Waals surface area contributed by atoms with Crippen LogP contribution in [0.2, 0.25) is 0 Å². The molecule has 29 heavy (non-hydrogen) atoms. The van der Waals surface area contributed by atoms with Crippen LogP contribution in [0.25, 0.3) is 0 Å². The molecule has 1 N–H and O–H groups in total. The van der Waals surface area contributed by atoms with E-state index in [1.807, 2.05) is 0 Å². The maximum atomic E-state index is 12.3. The van der Waals surface area contributed by atoms with E-state index < -0.39 is 0 Å². The van der Waals surface area contributed by atoms with Crippen LogP contribution in [0.1, 0.15) is 24.4 Å². The summed E-state index contributed by atoms with van der Waals surface area (Å²) in [6, 6.07) is 19.6. The summed E-state index contributed by atoms with van der Waals surface area (Å²) in [5.41, 5.74) is 3.77. The second kappa shape index (κ2) is 8.87. The minimum atomic E-state index is 0.215. The standard InChI is InChI=1S/C24H32N4O/c1-26(2)21-12-10-19(11-13-21)23(18-25-24(29)20-8-9-20)28-16-14-27(15-17-28)22-6-4-3-5-7-22/h3-7,10-13,20,23H,8-9,14-18H2,1-2H3,(H,25,29)/t23-/m1/s1. The monoisotopic (exact) mass is 392 g/mol. The molecule has 0 unspecified atom stereocenters. The third-order valence-corrected chi connectivity index (χ3v) is 6.09. The van der Waals surface area contributed by atoms with E-state index in [4.69, 9.17) is 0 Å². The molecule has 0 bridgehead atoms. The molecule has 0 radical (unpaired) electrons. The van der Waals surface area contributed by atoms with E-state index in [1.165, 1.54) is 16.9 Å². The van der Waals surface area contributed by atoms with Gasteiger partial charge in [-0.1, -0.05) is 30.3 Å². The van der Waals surface area contributed by atoms with Crippen LogP contribution in [0.4, 0.5) is 11.4 Å². The van der Waals surface area contributed by atoms with Crippen molar-refractivity contribution in [1.82, 2.24) is 10.2 Å². The summed E-state index contributed by atoms with van der Waals surface area (Å²) in [7, 11) is 4.12. The Morgan fingerprint density at radius 2 is 1.66 bits per heavy atom. The van der Waals surface area contributed by atoms with Crippen molar-refractivity contribution >= 4 is 17.3 Å². The summed E-state index contributed by atoms with van der Waals surface area (Å²) in [6.07, 6.45) is 2.09. The van der Waals surface area contributed by atoms with Crippen LogP contribution in [0.15, 0.2) is 54.6 Å². The van der Waals surface area contributed by atoms with Crippen LogP contribution < -0.4 is 15.1 Å². The van der Waals surface area contributed by atoms with Gasteiger partial charge in [-0.25, -0.2) is 0 Å². The molecule has 1 atom stereocenters. The number of carbonyl (C=O) groups excluding carboxylic acids is 1. The highest BCUT2D eigenvalue weighted by atomic mass is 16.2. The molecule has 5 nitrogen and oxygen atoms in total. The first-order chi connectivity index (χ1) is 14.1. The van der Waals surface area contributed by atoms with Gasteiger partial charge in [-0.05, 0) is 42.7 Å². The van der Waals surface area contributed by atoms with Gasteiger partial charge in [0.15, 0.2) is 0 Å². The van der Waals surface area contributed by atoms with E-state index in [2.05, 4.69) is 88.7 Å². The largest absolute Gasteiger partial charge is 0.378 e. The zero-order valence-corrected chi connectivity index (χ0v) is 17.6. The Labute approximate surface area is 174 Å². The molecule has 0 spiro atoms. The maximum Gasteiger partial charge on any atom is 0.223 e. The molecular formula is C24H32N4O. The molecule has 1 saturated carbocycles. The third kappa shape index (κ3) is 4.91. The predicted octanol–water partition coefficient (Wildman–Crippen LogP) is 3.14. The van der Waals surface area contributed by atoms with Gasteiger partial charge in [-0.2, -0.15) is 0 Å². The zero-order chi connectivity index (χ0) is 20.2. The van der Waals surface area contributed by atoms with Gasteiger partial charge in [0.05, 0.1) is 6.04 Å². The van der Waals surface area contributed by atoms with Crippen LogP contribution in [0.5, 0.6) is 0 Å². The highest BCUT2D eigenvalue weighted by molar-refractivity contribution is 5.80. The van der Waals surface area contributed by atoms with Gasteiger partial charge >= 0.3 is 0 Å². The van der Waals surface area contributed by atoms with Gasteiger partial charge in [0.25, 0.3) is 0 Å². The van der Waals surface area contributed by atoms with Crippen molar-refractivity contribution in [2.45, 2.75) is 18.9 Å². The lowest BCUT2D eigenvalue weighted by molar-refractivity contribution is -0.122. The molecule has 1 aliphatic heterocycles. The van der Waals surface area contributed by atoms with E-state index in [-0.39, 0.29) is 17.9 Å². The van der Waals surface area contributed by atoms with Crippen molar-refractivity contribution in [2.75, 3.05) is 56.6 Å². The van der Waals surface area contributed by atoms with Crippen molar-refractivity contribution in [3.05, 3.63) is 60.2 Å². The summed E-state index contributed by atoms with van der Waals surface area (Å²) >= 11 is 0. The number of amides is 1. The highest BCUT2D eigenvalue weighted by Crippen LogP contribution is 2.30. The van der Waals surface area contributed by atoms with Gasteiger partial charge < -0.3 is 15.1 Å². The fraction of sp³-hybridized carbons (Fsp3) is 0.458. The molecule has 2 aliphatic rings. The second-order valence-electron chi connectivity index (χ2n) is 8.38. The van der Waals surface area contributed by atoms with Crippen molar-refractivity contribution in [2.24, 2.45) is 5.92 Å². The SMILES string of the molecule is CN(C)c1ccc([C@@H](CNC(=O)C2CC2)N2CCN(c3ccccc3)CC2)cc1. The summed E-state index contributed by atoms with van der Waals surface area (Å²) in [5, 5.41) is 3.22. The Kier molecular flexibility index (Phi) is 6.05. The molecule has 4 rings (SSSR count). The number of anilines is 2. The normalized spacial score (nSPS) is 18.3. The van der Waals surface area contributed by atoms with Crippen molar-refractivity contribution < 1.29 is 4.79 Å². The van der Waals surface area contributed by atoms with Crippen molar-refractivity contribution in [3.8, 4) is 0 Å². The minimum Gasteiger partial charge on any atom is -0.378 e. The molecule has 5 heteroatoms. The number of para-hydroxylation sites is 1. The van der Waals surface area contributed by atoms with Crippen molar-refractivity contribution in [3.63, 3.8) is 0 Å². The van der Waals surface area contributed by atoms with E-state index in [9.17, 15) is 4.79 Å². The first-order valence-corrected chi connectivity index (χ1v) is 10.7. The van der Waals surface area contributed by atoms with E-state index >= 15 is 0 Å². The fourth-order valence-electron chi connectivity index (χ4n) is 4.07. The Hall–Kier alpha value is -2.53. The lowest BCUT2D eigenvalue weighted by atomic mass is 10.0. The number of piperazine rings is 1. The first kappa shape index (κ1) is 19.8. The molecule has 1 amide bonds. The average Bonchev–Trinajstić information content (AvgIpc) is 3.61. The molecule has 2 aromatic rings. The molecule has 2 aromatic carbocycles. The van der Waals surface area contributed by atoms with Crippen LogP contribution in [-0.4, -0.2) is 57.6 Å². The summed E-state index contributed by atoms with van der Waals surface area (Å²) in [6.45, 7) is 4.68. The van der Waals surface area contributed by atoms with E-state index in [0.29, 0.717) is 6.54 Å². The molecule has 1 heterocycles. The summed E-state index contributed by atoms with van der Waals surface area (Å²) in [4.78, 5) is 19.4. The van der Waals surface area contributed by atoms with Crippen LogP contribution in [-0.2, 0) is 4.79 Å². The molecule has 1 aliphatic carbocycles. The lowest BCUT2D eigenvalue weighted by Crippen LogP contribution is -2.50. The van der Waals surface area contributed by atoms with Gasteiger partial charge in [-0.15, -0.1) is 0 Å². The number of benzene rings is 2. The lowest BCUT2D eigenvalue weighted by Gasteiger charge is -2.40. The number of hydrogen-bond donors (Lipinski definition) is 1. The second-order valence-corrected chi connectivity index (χ2v) is 8.38. The molecule has 2 fully saturated rings. The number of nitrogens with one attached hydrogen (secondary N) is 1. The summed E-state index contributed by atoms with van der Waals surface area (Å²) in [5.74, 6) is 0.476. The molecule has 1 saturated heterocycles. The number of nitrogens with zero attached hydrogens (tertiary/aromatic N) is 3. The Morgan fingerprint density at radius 1 is 1.00 bits per heavy atom. The number of carbonyl (C=O) groups is 1. The average molecular weight is 393 g/mol. The Bertz CT molecular complexity index is 793. The van der Waals surface area contributed by atoms with Gasteiger partial charge in [0.2, 0.25) is 5.91 Å².